The SMILES string of the molecule is CC1CC(CO)CN(C(=O)OCC2c3ccccc3-c3ccccc32)C1. The van der Waals surface area contributed by atoms with Crippen molar-refractivity contribution in [3.63, 3.8) is 0 Å². The number of fused-ring (bicyclic) bond motifs is 3. The van der Waals surface area contributed by atoms with Gasteiger partial charge in [0, 0.05) is 31.5 Å². The van der Waals surface area contributed by atoms with E-state index in [1.807, 2.05) is 24.3 Å². The van der Waals surface area contributed by atoms with Gasteiger partial charge in [-0.1, -0.05) is 55.5 Å². The summed E-state index contributed by atoms with van der Waals surface area (Å²) < 4.78 is 5.73. The Morgan fingerprint density at radius 3 is 2.31 bits per heavy atom. The number of carbonyl (C=O) groups is 1. The lowest BCUT2D eigenvalue weighted by molar-refractivity contribution is 0.0568. The number of piperidine rings is 1. The first-order valence-electron chi connectivity index (χ1n) is 9.38. The Balaban J connectivity index is 1.49. The summed E-state index contributed by atoms with van der Waals surface area (Å²) >= 11 is 0. The Bertz CT molecular complexity index is 758. The molecule has 0 aromatic heterocycles. The van der Waals surface area contributed by atoms with Gasteiger partial charge in [-0.2, -0.15) is 0 Å². The van der Waals surface area contributed by atoms with Gasteiger partial charge in [0.2, 0.25) is 0 Å². The van der Waals surface area contributed by atoms with Crippen molar-refractivity contribution >= 4 is 6.09 Å². The van der Waals surface area contributed by atoms with Crippen LogP contribution < -0.4 is 0 Å². The van der Waals surface area contributed by atoms with Crippen molar-refractivity contribution in [2.45, 2.75) is 19.3 Å². The van der Waals surface area contributed by atoms with Gasteiger partial charge in [0.05, 0.1) is 0 Å². The average Bonchev–Trinajstić information content (AvgIpc) is 2.99. The highest BCUT2D eigenvalue weighted by Crippen LogP contribution is 2.44. The molecule has 0 saturated carbocycles. The highest BCUT2D eigenvalue weighted by atomic mass is 16.6. The summed E-state index contributed by atoms with van der Waals surface area (Å²) in [7, 11) is 0. The minimum atomic E-state index is -0.267. The molecule has 2 aromatic carbocycles. The van der Waals surface area contributed by atoms with Gasteiger partial charge in [0.1, 0.15) is 6.61 Å². The third-order valence-corrected chi connectivity index (χ3v) is 5.60. The Morgan fingerprint density at radius 2 is 1.69 bits per heavy atom. The lowest BCUT2D eigenvalue weighted by Crippen LogP contribution is -2.44. The van der Waals surface area contributed by atoms with Crippen LogP contribution in [-0.2, 0) is 4.74 Å². The smallest absolute Gasteiger partial charge is 0.409 e. The molecule has 4 nitrogen and oxygen atoms in total. The molecule has 1 aliphatic heterocycles. The van der Waals surface area contributed by atoms with Crippen LogP contribution in [-0.4, -0.2) is 42.4 Å². The molecule has 1 aliphatic carbocycles. The fourth-order valence-corrected chi connectivity index (χ4v) is 4.45. The molecule has 0 bridgehead atoms. The van der Waals surface area contributed by atoms with E-state index in [1.54, 1.807) is 4.90 Å². The lowest BCUT2D eigenvalue weighted by atomic mass is 9.91. The van der Waals surface area contributed by atoms with Gasteiger partial charge in [-0.15, -0.1) is 0 Å². The molecule has 2 aliphatic rings. The topological polar surface area (TPSA) is 49.8 Å². The molecule has 1 saturated heterocycles. The second-order valence-corrected chi connectivity index (χ2v) is 7.60. The van der Waals surface area contributed by atoms with Gasteiger partial charge in [0.25, 0.3) is 0 Å². The Labute approximate surface area is 154 Å². The Hall–Kier alpha value is -2.33. The predicted molar refractivity (Wildman–Crippen MR) is 101 cm³/mol. The van der Waals surface area contributed by atoms with E-state index >= 15 is 0 Å². The molecule has 1 N–H and O–H groups in total. The minimum Gasteiger partial charge on any atom is -0.448 e. The van der Waals surface area contributed by atoms with Crippen molar-refractivity contribution in [1.29, 1.82) is 0 Å². The van der Waals surface area contributed by atoms with Crippen molar-refractivity contribution in [2.24, 2.45) is 11.8 Å². The number of benzene rings is 2. The van der Waals surface area contributed by atoms with Crippen LogP contribution in [0, 0.1) is 11.8 Å². The highest BCUT2D eigenvalue weighted by molar-refractivity contribution is 5.79. The molecule has 1 heterocycles. The number of ether oxygens (including phenoxy) is 1. The molecular weight excluding hydrogens is 326 g/mol. The molecule has 2 atom stereocenters. The lowest BCUT2D eigenvalue weighted by Gasteiger charge is -2.35. The predicted octanol–water partition coefficient (Wildman–Crippen LogP) is 3.89. The number of aliphatic hydroxyl groups is 1. The number of aliphatic hydroxyl groups excluding tert-OH is 1. The van der Waals surface area contributed by atoms with Crippen molar-refractivity contribution in [3.05, 3.63) is 59.7 Å². The van der Waals surface area contributed by atoms with Crippen molar-refractivity contribution in [3.8, 4) is 11.1 Å². The quantitative estimate of drug-likeness (QED) is 0.913. The van der Waals surface area contributed by atoms with Crippen LogP contribution in [0.2, 0.25) is 0 Å². The highest BCUT2D eigenvalue weighted by Gasteiger charge is 2.32. The second kappa shape index (κ2) is 7.12. The molecule has 0 spiro atoms. The summed E-state index contributed by atoms with van der Waals surface area (Å²) in [6, 6.07) is 16.7. The second-order valence-electron chi connectivity index (χ2n) is 7.60. The number of hydrogen-bond donors (Lipinski definition) is 1. The van der Waals surface area contributed by atoms with Crippen molar-refractivity contribution < 1.29 is 14.6 Å². The van der Waals surface area contributed by atoms with Crippen LogP contribution in [0.1, 0.15) is 30.4 Å². The summed E-state index contributed by atoms with van der Waals surface area (Å²) in [6.07, 6.45) is 0.695. The van der Waals surface area contributed by atoms with Gasteiger partial charge in [-0.05, 0) is 34.6 Å². The number of likely N-dealkylation sites (tertiary alicyclic amines) is 1. The fourth-order valence-electron chi connectivity index (χ4n) is 4.45. The number of amides is 1. The molecule has 26 heavy (non-hydrogen) atoms. The van der Waals surface area contributed by atoms with Crippen LogP contribution in [0.3, 0.4) is 0 Å². The van der Waals surface area contributed by atoms with E-state index in [4.69, 9.17) is 4.74 Å². The number of hydrogen-bond acceptors (Lipinski definition) is 3. The van der Waals surface area contributed by atoms with E-state index in [2.05, 4.69) is 31.2 Å². The maximum atomic E-state index is 12.6. The number of carbonyl (C=O) groups excluding carboxylic acids is 1. The maximum absolute atomic E-state index is 12.6. The standard InChI is InChI=1S/C22H25NO3/c1-15-10-16(13-24)12-23(11-15)22(25)26-14-21-19-8-4-2-6-17(19)18-7-3-5-9-20(18)21/h2-9,15-16,21,24H,10-14H2,1H3. The van der Waals surface area contributed by atoms with Crippen LogP contribution in [0.25, 0.3) is 11.1 Å². The third-order valence-electron chi connectivity index (χ3n) is 5.60. The third kappa shape index (κ3) is 3.10. The first-order valence-corrected chi connectivity index (χ1v) is 9.38. The average molecular weight is 351 g/mol. The van der Waals surface area contributed by atoms with E-state index in [1.165, 1.54) is 22.3 Å². The van der Waals surface area contributed by atoms with Gasteiger partial charge >= 0.3 is 6.09 Å². The molecule has 0 radical (unpaired) electrons. The Kier molecular flexibility index (Phi) is 4.68. The van der Waals surface area contributed by atoms with E-state index in [0.29, 0.717) is 25.6 Å². The van der Waals surface area contributed by atoms with Crippen LogP contribution >= 0.6 is 0 Å². The minimum absolute atomic E-state index is 0.0854. The van der Waals surface area contributed by atoms with Crippen molar-refractivity contribution in [1.82, 2.24) is 4.90 Å². The van der Waals surface area contributed by atoms with E-state index in [9.17, 15) is 9.90 Å². The Morgan fingerprint density at radius 1 is 1.08 bits per heavy atom. The zero-order chi connectivity index (χ0) is 18.1. The number of nitrogens with zero attached hydrogens (tertiary/aromatic N) is 1. The van der Waals surface area contributed by atoms with E-state index in [0.717, 1.165) is 6.42 Å². The first-order chi connectivity index (χ1) is 12.7. The zero-order valence-corrected chi connectivity index (χ0v) is 15.1. The van der Waals surface area contributed by atoms with Gasteiger partial charge in [0.15, 0.2) is 0 Å². The normalized spacial score (nSPS) is 22.0. The van der Waals surface area contributed by atoms with Gasteiger partial charge < -0.3 is 14.7 Å². The molecular formula is C22H25NO3. The first kappa shape index (κ1) is 17.1. The maximum Gasteiger partial charge on any atom is 0.409 e. The van der Waals surface area contributed by atoms with Crippen LogP contribution in [0.15, 0.2) is 48.5 Å². The van der Waals surface area contributed by atoms with Crippen LogP contribution in [0.4, 0.5) is 4.79 Å². The molecule has 4 rings (SSSR count). The van der Waals surface area contributed by atoms with Gasteiger partial charge in [-0.3, -0.25) is 0 Å². The molecule has 1 fully saturated rings. The van der Waals surface area contributed by atoms with E-state index in [-0.39, 0.29) is 24.5 Å². The molecule has 136 valence electrons. The number of rotatable bonds is 3. The summed E-state index contributed by atoms with van der Waals surface area (Å²) in [4.78, 5) is 14.4. The molecule has 1 amide bonds. The summed E-state index contributed by atoms with van der Waals surface area (Å²) in [5, 5.41) is 9.45. The van der Waals surface area contributed by atoms with Gasteiger partial charge in [-0.25, -0.2) is 4.79 Å². The fraction of sp³-hybridized carbons (Fsp3) is 0.409. The summed E-state index contributed by atoms with van der Waals surface area (Å²) in [5.74, 6) is 0.628. The summed E-state index contributed by atoms with van der Waals surface area (Å²) in [6.45, 7) is 3.87. The van der Waals surface area contributed by atoms with E-state index < -0.39 is 0 Å². The molecule has 2 unspecified atom stereocenters. The molecule has 4 heteroatoms. The molecule has 2 aromatic rings. The summed E-state index contributed by atoms with van der Waals surface area (Å²) in [5.41, 5.74) is 4.91. The zero-order valence-electron chi connectivity index (χ0n) is 15.1. The van der Waals surface area contributed by atoms with Crippen LogP contribution in [0.5, 0.6) is 0 Å². The van der Waals surface area contributed by atoms with Crippen molar-refractivity contribution in [2.75, 3.05) is 26.3 Å². The monoisotopic (exact) mass is 351 g/mol. The largest absolute Gasteiger partial charge is 0.448 e.